The molecule has 0 bridgehead atoms. The van der Waals surface area contributed by atoms with E-state index in [9.17, 15) is 13.7 Å². The van der Waals surface area contributed by atoms with Crippen LogP contribution in [0.4, 0.5) is 0 Å². The van der Waals surface area contributed by atoms with Crippen molar-refractivity contribution in [3.05, 3.63) is 0 Å². The Hall–Kier alpha value is -0.600. The highest BCUT2D eigenvalue weighted by molar-refractivity contribution is 7.89. The van der Waals surface area contributed by atoms with E-state index in [-0.39, 0.29) is 11.2 Å². The predicted octanol–water partition coefficient (Wildman–Crippen LogP) is 1.99. The monoisotopic (exact) mass is 258 g/mol. The first-order valence-electron chi connectivity index (χ1n) is 6.24. The zero-order valence-corrected chi connectivity index (χ0v) is 11.8. The zero-order chi connectivity index (χ0) is 13.1. The van der Waals surface area contributed by atoms with Crippen molar-refractivity contribution < 1.29 is 8.42 Å². The van der Waals surface area contributed by atoms with Crippen LogP contribution in [0.3, 0.4) is 0 Å². The van der Waals surface area contributed by atoms with Crippen LogP contribution in [-0.4, -0.2) is 31.6 Å². The van der Waals surface area contributed by atoms with Gasteiger partial charge < -0.3 is 0 Å². The summed E-state index contributed by atoms with van der Waals surface area (Å²) in [4.78, 5) is 0. The van der Waals surface area contributed by atoms with Crippen molar-refractivity contribution in [1.82, 2.24) is 4.31 Å². The molecule has 1 heterocycles. The molecule has 0 saturated carbocycles. The predicted molar refractivity (Wildman–Crippen MR) is 67.8 cm³/mol. The molecule has 0 N–H and O–H groups in total. The van der Waals surface area contributed by atoms with Crippen LogP contribution in [0.2, 0.25) is 0 Å². The highest BCUT2D eigenvalue weighted by atomic mass is 32.2. The minimum Gasteiger partial charge on any atom is -0.212 e. The summed E-state index contributed by atoms with van der Waals surface area (Å²) in [6, 6.07) is 2.42. The first kappa shape index (κ1) is 14.5. The average molecular weight is 258 g/mol. The molecule has 0 aromatic carbocycles. The minimum absolute atomic E-state index is 0.150. The fourth-order valence-electron chi connectivity index (χ4n) is 2.52. The van der Waals surface area contributed by atoms with Crippen molar-refractivity contribution in [2.45, 2.75) is 40.0 Å². The third-order valence-electron chi connectivity index (χ3n) is 3.47. The second kappa shape index (κ2) is 5.36. The fourth-order valence-corrected chi connectivity index (χ4v) is 3.62. The summed E-state index contributed by atoms with van der Waals surface area (Å²) in [7, 11) is -3.08. The Morgan fingerprint density at radius 2 is 1.88 bits per heavy atom. The summed E-state index contributed by atoms with van der Waals surface area (Å²) >= 11 is 0. The molecular weight excluding hydrogens is 236 g/mol. The smallest absolute Gasteiger partial charge is 0.212 e. The minimum atomic E-state index is -3.08. The van der Waals surface area contributed by atoms with Gasteiger partial charge in [-0.25, -0.2) is 12.7 Å². The van der Waals surface area contributed by atoms with Gasteiger partial charge in [0.2, 0.25) is 10.0 Å². The molecule has 1 rings (SSSR count). The lowest BCUT2D eigenvalue weighted by Gasteiger charge is -2.37. The van der Waals surface area contributed by atoms with Gasteiger partial charge in [0.15, 0.2) is 0 Å². The van der Waals surface area contributed by atoms with Crippen LogP contribution in [0.15, 0.2) is 0 Å². The molecule has 0 unspecified atom stereocenters. The number of piperidine rings is 1. The SMILES string of the molecule is CCS(=O)(=O)N1CCC(C#N)(CC(C)C)CC1. The van der Waals surface area contributed by atoms with Crippen molar-refractivity contribution in [1.29, 1.82) is 5.26 Å². The van der Waals surface area contributed by atoms with E-state index in [1.54, 1.807) is 6.92 Å². The van der Waals surface area contributed by atoms with E-state index < -0.39 is 10.0 Å². The molecule has 0 atom stereocenters. The van der Waals surface area contributed by atoms with Crippen LogP contribution in [0.5, 0.6) is 0 Å². The van der Waals surface area contributed by atoms with Gasteiger partial charge in [0.25, 0.3) is 0 Å². The van der Waals surface area contributed by atoms with Gasteiger partial charge in [0.1, 0.15) is 0 Å². The van der Waals surface area contributed by atoms with E-state index >= 15 is 0 Å². The third-order valence-corrected chi connectivity index (χ3v) is 5.36. The first-order valence-corrected chi connectivity index (χ1v) is 7.85. The van der Waals surface area contributed by atoms with Crippen molar-refractivity contribution in [2.24, 2.45) is 11.3 Å². The number of hydrogen-bond donors (Lipinski definition) is 0. The van der Waals surface area contributed by atoms with Gasteiger partial charge in [-0.2, -0.15) is 5.26 Å². The summed E-state index contributed by atoms with van der Waals surface area (Å²) in [5, 5.41) is 9.32. The molecule has 98 valence electrons. The Balaban J connectivity index is 2.70. The fraction of sp³-hybridized carbons (Fsp3) is 0.917. The van der Waals surface area contributed by atoms with Gasteiger partial charge in [-0.05, 0) is 32.1 Å². The molecule has 4 nitrogen and oxygen atoms in total. The van der Waals surface area contributed by atoms with E-state index in [0.29, 0.717) is 31.8 Å². The highest BCUT2D eigenvalue weighted by Crippen LogP contribution is 2.37. The normalized spacial score (nSPS) is 21.4. The van der Waals surface area contributed by atoms with E-state index in [1.165, 1.54) is 4.31 Å². The molecule has 0 aliphatic carbocycles. The lowest BCUT2D eigenvalue weighted by atomic mass is 9.74. The van der Waals surface area contributed by atoms with Crippen LogP contribution in [-0.2, 0) is 10.0 Å². The van der Waals surface area contributed by atoms with Gasteiger partial charge in [0.05, 0.1) is 17.2 Å². The number of nitrogens with zero attached hydrogens (tertiary/aromatic N) is 2. The van der Waals surface area contributed by atoms with Crippen molar-refractivity contribution in [2.75, 3.05) is 18.8 Å². The standard InChI is InChI=1S/C12H22N2O2S/c1-4-17(15,16)14-7-5-12(10-13,6-8-14)9-11(2)3/h11H,4-9H2,1-3H3. The molecule has 0 aromatic heterocycles. The summed E-state index contributed by atoms with van der Waals surface area (Å²) in [6.07, 6.45) is 2.20. The van der Waals surface area contributed by atoms with Gasteiger partial charge in [-0.3, -0.25) is 0 Å². The number of rotatable bonds is 4. The summed E-state index contributed by atoms with van der Waals surface area (Å²) < 4.78 is 25.0. The van der Waals surface area contributed by atoms with Crippen molar-refractivity contribution >= 4 is 10.0 Å². The van der Waals surface area contributed by atoms with E-state index in [2.05, 4.69) is 19.9 Å². The Kier molecular flexibility index (Phi) is 4.56. The van der Waals surface area contributed by atoms with Crippen molar-refractivity contribution in [3.8, 4) is 6.07 Å². The maximum Gasteiger partial charge on any atom is 0.213 e. The van der Waals surface area contributed by atoms with Crippen LogP contribution in [0, 0.1) is 22.7 Å². The molecule has 0 aromatic rings. The number of nitriles is 1. The molecule has 1 aliphatic heterocycles. The number of sulfonamides is 1. The maximum atomic E-state index is 11.7. The molecule has 5 heteroatoms. The van der Waals surface area contributed by atoms with E-state index in [0.717, 1.165) is 6.42 Å². The molecule has 17 heavy (non-hydrogen) atoms. The Bertz CT molecular complexity index is 387. The van der Waals surface area contributed by atoms with E-state index in [4.69, 9.17) is 0 Å². The van der Waals surface area contributed by atoms with Gasteiger partial charge >= 0.3 is 0 Å². The summed E-state index contributed by atoms with van der Waals surface area (Å²) in [5.74, 6) is 0.625. The zero-order valence-electron chi connectivity index (χ0n) is 10.9. The van der Waals surface area contributed by atoms with Crippen molar-refractivity contribution in [3.63, 3.8) is 0 Å². The van der Waals surface area contributed by atoms with Gasteiger partial charge in [-0.15, -0.1) is 0 Å². The quantitative estimate of drug-likeness (QED) is 0.774. The lowest BCUT2D eigenvalue weighted by molar-refractivity contribution is 0.182. The summed E-state index contributed by atoms with van der Waals surface area (Å²) in [6.45, 7) is 6.87. The van der Waals surface area contributed by atoms with Gasteiger partial charge in [-0.1, -0.05) is 13.8 Å². The maximum absolute atomic E-state index is 11.7. The topological polar surface area (TPSA) is 61.2 Å². The number of hydrogen-bond acceptors (Lipinski definition) is 3. The second-order valence-corrected chi connectivity index (χ2v) is 7.55. The van der Waals surface area contributed by atoms with Gasteiger partial charge in [0, 0.05) is 13.1 Å². The lowest BCUT2D eigenvalue weighted by Crippen LogP contribution is -2.43. The Morgan fingerprint density at radius 3 is 2.24 bits per heavy atom. The first-order chi connectivity index (χ1) is 7.85. The summed E-state index contributed by atoms with van der Waals surface area (Å²) in [5.41, 5.74) is -0.312. The molecule has 1 saturated heterocycles. The average Bonchev–Trinajstić information content (AvgIpc) is 2.29. The van der Waals surface area contributed by atoms with Crippen LogP contribution in [0.1, 0.15) is 40.0 Å². The molecule has 0 spiro atoms. The molecule has 1 aliphatic rings. The molecular formula is C12H22N2O2S. The van der Waals surface area contributed by atoms with Crippen LogP contribution in [0.25, 0.3) is 0 Å². The molecule has 0 radical (unpaired) electrons. The Labute approximate surface area is 105 Å². The highest BCUT2D eigenvalue weighted by Gasteiger charge is 2.38. The third kappa shape index (κ3) is 3.43. The van der Waals surface area contributed by atoms with Crippen LogP contribution >= 0.6 is 0 Å². The van der Waals surface area contributed by atoms with E-state index in [1.807, 2.05) is 0 Å². The van der Waals surface area contributed by atoms with Crippen LogP contribution < -0.4 is 0 Å². The largest absolute Gasteiger partial charge is 0.213 e. The second-order valence-electron chi connectivity index (χ2n) is 5.29. The molecule has 0 amide bonds. The molecule has 1 fully saturated rings. The Morgan fingerprint density at radius 1 is 1.35 bits per heavy atom.